The van der Waals surface area contributed by atoms with Gasteiger partial charge < -0.3 is 5.73 Å². The van der Waals surface area contributed by atoms with Crippen molar-refractivity contribution in [3.8, 4) is 11.8 Å². The lowest BCUT2D eigenvalue weighted by Crippen LogP contribution is -1.92. The fourth-order valence-corrected chi connectivity index (χ4v) is 0.801. The largest absolute Gasteiger partial charge is 0.382 e. The third kappa shape index (κ3) is 2.89. The third-order valence-electron chi connectivity index (χ3n) is 1.11. The zero-order valence-corrected chi connectivity index (χ0v) is 8.00. The van der Waals surface area contributed by atoms with Crippen molar-refractivity contribution in [1.29, 1.82) is 0 Å². The molecule has 0 spiro atoms. The molecular formula is C8H8BrN3. The van der Waals surface area contributed by atoms with Gasteiger partial charge in [-0.2, -0.15) is 0 Å². The van der Waals surface area contributed by atoms with E-state index < -0.39 is 0 Å². The minimum Gasteiger partial charge on any atom is -0.382 e. The zero-order chi connectivity index (χ0) is 8.81. The second kappa shape index (κ2) is 4.73. The first-order valence-electron chi connectivity index (χ1n) is 3.45. The molecule has 0 amide bonds. The summed E-state index contributed by atoms with van der Waals surface area (Å²) in [6, 6.07) is 0. The Kier molecular flexibility index (Phi) is 3.55. The summed E-state index contributed by atoms with van der Waals surface area (Å²) in [7, 11) is 0. The van der Waals surface area contributed by atoms with Crippen LogP contribution in [0.2, 0.25) is 0 Å². The molecule has 4 heteroatoms. The van der Waals surface area contributed by atoms with Crippen molar-refractivity contribution in [2.75, 3.05) is 11.1 Å². The van der Waals surface area contributed by atoms with Gasteiger partial charge in [0.1, 0.15) is 11.5 Å². The molecule has 0 radical (unpaired) electrons. The average Bonchev–Trinajstić information content (AvgIpc) is 2.09. The van der Waals surface area contributed by atoms with Crippen molar-refractivity contribution in [2.24, 2.45) is 0 Å². The molecule has 1 aromatic rings. The lowest BCUT2D eigenvalue weighted by Gasteiger charge is -1.89. The molecule has 0 unspecified atom stereocenters. The zero-order valence-electron chi connectivity index (χ0n) is 6.42. The van der Waals surface area contributed by atoms with Gasteiger partial charge >= 0.3 is 0 Å². The first-order valence-corrected chi connectivity index (χ1v) is 4.57. The van der Waals surface area contributed by atoms with Crippen LogP contribution in [0.5, 0.6) is 0 Å². The maximum absolute atomic E-state index is 5.35. The number of hydrogen-bond acceptors (Lipinski definition) is 3. The number of alkyl halides is 1. The van der Waals surface area contributed by atoms with Gasteiger partial charge in [0.2, 0.25) is 0 Å². The van der Waals surface area contributed by atoms with E-state index in [0.29, 0.717) is 11.5 Å². The highest BCUT2D eigenvalue weighted by molar-refractivity contribution is 9.09. The first-order chi connectivity index (χ1) is 5.83. The minimum absolute atomic E-state index is 0.418. The van der Waals surface area contributed by atoms with E-state index in [-0.39, 0.29) is 0 Å². The molecular weight excluding hydrogens is 218 g/mol. The Morgan fingerprint density at radius 3 is 2.83 bits per heavy atom. The summed E-state index contributed by atoms with van der Waals surface area (Å²) in [4.78, 5) is 7.83. The number of nitrogens with zero attached hydrogens (tertiary/aromatic N) is 2. The highest BCUT2D eigenvalue weighted by atomic mass is 79.9. The number of hydrogen-bond donors (Lipinski definition) is 1. The number of halogens is 1. The summed E-state index contributed by atoms with van der Waals surface area (Å²) in [5.41, 5.74) is 6.01. The van der Waals surface area contributed by atoms with Crippen molar-refractivity contribution >= 4 is 21.7 Å². The summed E-state index contributed by atoms with van der Waals surface area (Å²) < 4.78 is 0. The van der Waals surface area contributed by atoms with E-state index in [1.54, 1.807) is 6.20 Å². The van der Waals surface area contributed by atoms with Crippen molar-refractivity contribution in [1.82, 2.24) is 9.97 Å². The van der Waals surface area contributed by atoms with Crippen LogP contribution in [0, 0.1) is 11.8 Å². The van der Waals surface area contributed by atoms with Gasteiger partial charge in [0, 0.05) is 11.8 Å². The van der Waals surface area contributed by atoms with E-state index in [2.05, 4.69) is 37.7 Å². The molecule has 0 fully saturated rings. The van der Waals surface area contributed by atoms with Crippen molar-refractivity contribution in [3.63, 3.8) is 0 Å². The first kappa shape index (κ1) is 9.01. The van der Waals surface area contributed by atoms with Gasteiger partial charge in [0.05, 0.1) is 12.4 Å². The molecule has 62 valence electrons. The van der Waals surface area contributed by atoms with Gasteiger partial charge in [-0.3, -0.25) is 0 Å². The molecule has 0 aliphatic rings. The quantitative estimate of drug-likeness (QED) is 0.578. The predicted molar refractivity (Wildman–Crippen MR) is 51.7 cm³/mol. The highest BCUT2D eigenvalue weighted by Crippen LogP contribution is 1.94. The predicted octanol–water partition coefficient (Wildman–Crippen LogP) is 1.20. The number of nitrogens with two attached hydrogens (primary N) is 1. The number of nitrogen functional groups attached to an aromatic ring is 1. The third-order valence-corrected chi connectivity index (χ3v) is 1.50. The number of rotatable bonds is 1. The molecule has 12 heavy (non-hydrogen) atoms. The SMILES string of the molecule is Nc1cnc(C#CCCBr)cn1. The summed E-state index contributed by atoms with van der Waals surface area (Å²) >= 11 is 3.28. The van der Waals surface area contributed by atoms with E-state index >= 15 is 0 Å². The maximum Gasteiger partial charge on any atom is 0.141 e. The highest BCUT2D eigenvalue weighted by Gasteiger charge is 1.87. The summed E-state index contributed by atoms with van der Waals surface area (Å²) in [5.74, 6) is 6.21. The lowest BCUT2D eigenvalue weighted by molar-refractivity contribution is 1.18. The van der Waals surface area contributed by atoms with Gasteiger partial charge in [0.25, 0.3) is 0 Å². The smallest absolute Gasteiger partial charge is 0.141 e. The molecule has 0 saturated heterocycles. The Balaban J connectivity index is 2.66. The number of aromatic nitrogens is 2. The minimum atomic E-state index is 0.418. The molecule has 0 bridgehead atoms. The van der Waals surface area contributed by atoms with Crippen molar-refractivity contribution in [3.05, 3.63) is 18.1 Å². The van der Waals surface area contributed by atoms with Crippen LogP contribution in [0.15, 0.2) is 12.4 Å². The summed E-state index contributed by atoms with van der Waals surface area (Å²) in [5, 5.41) is 0.877. The molecule has 0 aliphatic heterocycles. The molecule has 1 rings (SSSR count). The fourth-order valence-electron chi connectivity index (χ4n) is 0.603. The lowest BCUT2D eigenvalue weighted by atomic mass is 10.4. The Labute approximate surface area is 79.5 Å². The van der Waals surface area contributed by atoms with E-state index in [1.807, 2.05) is 0 Å². The Morgan fingerprint density at radius 1 is 1.42 bits per heavy atom. The fraction of sp³-hybridized carbons (Fsp3) is 0.250. The molecule has 0 saturated carbocycles. The second-order valence-electron chi connectivity index (χ2n) is 2.07. The number of anilines is 1. The molecule has 1 aromatic heterocycles. The Hall–Kier alpha value is -1.08. The normalized spacial score (nSPS) is 8.75. The van der Waals surface area contributed by atoms with Gasteiger partial charge in [-0.1, -0.05) is 21.9 Å². The average molecular weight is 226 g/mol. The van der Waals surface area contributed by atoms with Crippen molar-refractivity contribution < 1.29 is 0 Å². The van der Waals surface area contributed by atoms with Crippen LogP contribution < -0.4 is 5.73 Å². The standard InChI is InChI=1S/C8H8BrN3/c9-4-2-1-3-7-5-12-8(10)6-11-7/h5-6H,2,4H2,(H2,10,12). The maximum atomic E-state index is 5.35. The molecule has 2 N–H and O–H groups in total. The summed E-state index contributed by atoms with van der Waals surface area (Å²) in [6.45, 7) is 0. The van der Waals surface area contributed by atoms with Gasteiger partial charge in [-0.15, -0.1) is 0 Å². The van der Waals surface area contributed by atoms with E-state index in [0.717, 1.165) is 11.8 Å². The van der Waals surface area contributed by atoms with E-state index in [9.17, 15) is 0 Å². The summed E-state index contributed by atoms with van der Waals surface area (Å²) in [6.07, 6.45) is 3.88. The topological polar surface area (TPSA) is 51.8 Å². The van der Waals surface area contributed by atoms with Crippen LogP contribution in [-0.2, 0) is 0 Å². The molecule has 0 aliphatic carbocycles. The molecule has 1 heterocycles. The van der Waals surface area contributed by atoms with Crippen LogP contribution in [0.4, 0.5) is 5.82 Å². The Morgan fingerprint density at radius 2 is 2.25 bits per heavy atom. The van der Waals surface area contributed by atoms with Gasteiger partial charge in [-0.25, -0.2) is 9.97 Å². The second-order valence-corrected chi connectivity index (χ2v) is 2.86. The van der Waals surface area contributed by atoms with E-state index in [1.165, 1.54) is 6.20 Å². The van der Waals surface area contributed by atoms with E-state index in [4.69, 9.17) is 5.73 Å². The van der Waals surface area contributed by atoms with Gasteiger partial charge in [0.15, 0.2) is 0 Å². The molecule has 0 atom stereocenters. The monoisotopic (exact) mass is 225 g/mol. The van der Waals surface area contributed by atoms with Crippen LogP contribution in [0.25, 0.3) is 0 Å². The molecule has 0 aromatic carbocycles. The van der Waals surface area contributed by atoms with Gasteiger partial charge in [-0.05, 0) is 5.92 Å². The van der Waals surface area contributed by atoms with Crippen LogP contribution >= 0.6 is 15.9 Å². The van der Waals surface area contributed by atoms with Crippen molar-refractivity contribution in [2.45, 2.75) is 6.42 Å². The Bertz CT molecular complexity index is 296. The van der Waals surface area contributed by atoms with Crippen LogP contribution in [0.3, 0.4) is 0 Å². The molecule has 3 nitrogen and oxygen atoms in total. The van der Waals surface area contributed by atoms with Crippen LogP contribution in [-0.4, -0.2) is 15.3 Å². The van der Waals surface area contributed by atoms with Crippen LogP contribution in [0.1, 0.15) is 12.1 Å².